The van der Waals surface area contributed by atoms with Crippen molar-refractivity contribution in [3.05, 3.63) is 30.0 Å². The Morgan fingerprint density at radius 2 is 2.29 bits per heavy atom. The van der Waals surface area contributed by atoms with Crippen LogP contribution in [0.3, 0.4) is 0 Å². The Morgan fingerprint density at radius 3 is 3.06 bits per heavy atom. The SMILES string of the molecule is COc1cc(CCCOC=O)cc2ccoc12. The van der Waals surface area contributed by atoms with E-state index in [1.807, 2.05) is 12.1 Å². The largest absolute Gasteiger partial charge is 0.493 e. The molecule has 1 aromatic carbocycles. The van der Waals surface area contributed by atoms with Crippen molar-refractivity contribution in [2.24, 2.45) is 0 Å². The topological polar surface area (TPSA) is 48.7 Å². The molecule has 0 aliphatic carbocycles. The lowest BCUT2D eigenvalue weighted by Gasteiger charge is -2.05. The highest BCUT2D eigenvalue weighted by Gasteiger charge is 2.07. The minimum absolute atomic E-state index is 0.440. The van der Waals surface area contributed by atoms with Crippen molar-refractivity contribution in [3.63, 3.8) is 0 Å². The molecular formula is C13H14O4. The maximum Gasteiger partial charge on any atom is 0.293 e. The normalized spacial score (nSPS) is 10.4. The molecule has 0 saturated heterocycles. The van der Waals surface area contributed by atoms with Crippen molar-refractivity contribution in [2.45, 2.75) is 12.8 Å². The molecule has 0 saturated carbocycles. The Bertz CT molecular complexity index is 501. The van der Waals surface area contributed by atoms with E-state index in [0.717, 1.165) is 35.1 Å². The number of hydrogen-bond donors (Lipinski definition) is 0. The van der Waals surface area contributed by atoms with Crippen molar-refractivity contribution in [1.82, 2.24) is 0 Å². The monoisotopic (exact) mass is 234 g/mol. The summed E-state index contributed by atoms with van der Waals surface area (Å²) in [5.74, 6) is 0.735. The molecule has 0 fully saturated rings. The Hall–Kier alpha value is -1.97. The van der Waals surface area contributed by atoms with E-state index in [4.69, 9.17) is 9.15 Å². The van der Waals surface area contributed by atoms with Crippen molar-refractivity contribution < 1.29 is 18.7 Å². The summed E-state index contributed by atoms with van der Waals surface area (Å²) in [6, 6.07) is 5.91. The molecule has 0 aliphatic rings. The lowest BCUT2D eigenvalue weighted by atomic mass is 10.1. The highest BCUT2D eigenvalue weighted by atomic mass is 16.5. The van der Waals surface area contributed by atoms with Crippen LogP contribution in [0.2, 0.25) is 0 Å². The van der Waals surface area contributed by atoms with Crippen LogP contribution in [0.5, 0.6) is 5.75 Å². The molecule has 1 heterocycles. The van der Waals surface area contributed by atoms with Gasteiger partial charge in [-0.2, -0.15) is 0 Å². The number of ether oxygens (including phenoxy) is 2. The van der Waals surface area contributed by atoms with Gasteiger partial charge in [0.1, 0.15) is 0 Å². The second-order valence-electron chi connectivity index (χ2n) is 3.71. The molecule has 2 aromatic rings. The van der Waals surface area contributed by atoms with Crippen molar-refractivity contribution in [1.29, 1.82) is 0 Å². The first-order chi connectivity index (χ1) is 8.35. The molecule has 0 unspecified atom stereocenters. The Morgan fingerprint density at radius 1 is 1.41 bits per heavy atom. The van der Waals surface area contributed by atoms with E-state index < -0.39 is 0 Å². The second-order valence-corrected chi connectivity index (χ2v) is 3.71. The van der Waals surface area contributed by atoms with E-state index in [1.54, 1.807) is 13.4 Å². The fraction of sp³-hybridized carbons (Fsp3) is 0.308. The molecule has 1 aromatic heterocycles. The minimum Gasteiger partial charge on any atom is -0.493 e. The van der Waals surface area contributed by atoms with E-state index >= 15 is 0 Å². The van der Waals surface area contributed by atoms with Crippen LogP contribution in [-0.2, 0) is 16.0 Å². The average molecular weight is 234 g/mol. The quantitative estimate of drug-likeness (QED) is 0.569. The number of rotatable bonds is 6. The number of carbonyl (C=O) groups excluding carboxylic acids is 1. The van der Waals surface area contributed by atoms with Gasteiger partial charge in [0, 0.05) is 5.39 Å². The molecule has 2 rings (SSSR count). The van der Waals surface area contributed by atoms with Crippen LogP contribution < -0.4 is 4.74 Å². The van der Waals surface area contributed by atoms with Gasteiger partial charge in [0.2, 0.25) is 0 Å². The lowest BCUT2D eigenvalue weighted by molar-refractivity contribution is -0.128. The zero-order valence-corrected chi connectivity index (χ0v) is 9.64. The van der Waals surface area contributed by atoms with E-state index in [1.165, 1.54) is 0 Å². The molecule has 0 radical (unpaired) electrons. The van der Waals surface area contributed by atoms with E-state index in [-0.39, 0.29) is 0 Å². The fourth-order valence-corrected chi connectivity index (χ4v) is 1.81. The van der Waals surface area contributed by atoms with Crippen LogP contribution in [0.15, 0.2) is 28.9 Å². The summed E-state index contributed by atoms with van der Waals surface area (Å²) in [5, 5.41) is 1.02. The van der Waals surface area contributed by atoms with Gasteiger partial charge in [0.25, 0.3) is 6.47 Å². The number of methoxy groups -OCH3 is 1. The van der Waals surface area contributed by atoms with Gasteiger partial charge in [-0.25, -0.2) is 0 Å². The fourth-order valence-electron chi connectivity index (χ4n) is 1.81. The van der Waals surface area contributed by atoms with Gasteiger partial charge in [-0.1, -0.05) is 0 Å². The van der Waals surface area contributed by atoms with Gasteiger partial charge >= 0.3 is 0 Å². The van der Waals surface area contributed by atoms with E-state index in [9.17, 15) is 4.79 Å². The lowest BCUT2D eigenvalue weighted by Crippen LogP contribution is -1.95. The van der Waals surface area contributed by atoms with Crippen LogP contribution in [0.4, 0.5) is 0 Å². The molecule has 0 amide bonds. The molecule has 0 N–H and O–H groups in total. The number of carbonyl (C=O) groups is 1. The van der Waals surface area contributed by atoms with Crippen LogP contribution >= 0.6 is 0 Å². The Balaban J connectivity index is 2.14. The van der Waals surface area contributed by atoms with Crippen LogP contribution in [-0.4, -0.2) is 20.2 Å². The summed E-state index contributed by atoms with van der Waals surface area (Å²) in [5.41, 5.74) is 1.91. The maximum absolute atomic E-state index is 10.0. The van der Waals surface area contributed by atoms with Gasteiger partial charge < -0.3 is 13.9 Å². The highest BCUT2D eigenvalue weighted by Crippen LogP contribution is 2.28. The standard InChI is InChI=1S/C13H14O4/c1-15-12-8-10(3-2-5-16-9-14)7-11-4-6-17-13(11)12/h4,6-9H,2-3,5H2,1H3. The van der Waals surface area contributed by atoms with Crippen molar-refractivity contribution >= 4 is 17.4 Å². The molecule has 0 atom stereocenters. The van der Waals surface area contributed by atoms with Gasteiger partial charge in [-0.05, 0) is 36.6 Å². The number of fused-ring (bicyclic) bond motifs is 1. The minimum atomic E-state index is 0.440. The van der Waals surface area contributed by atoms with Crippen LogP contribution in [0, 0.1) is 0 Å². The molecule has 0 spiro atoms. The zero-order valence-electron chi connectivity index (χ0n) is 9.64. The molecule has 17 heavy (non-hydrogen) atoms. The van der Waals surface area contributed by atoms with Crippen molar-refractivity contribution in [3.8, 4) is 5.75 Å². The molecule has 0 aliphatic heterocycles. The number of aryl methyl sites for hydroxylation is 1. The third kappa shape index (κ3) is 2.58. The number of furan rings is 1. The molecular weight excluding hydrogens is 220 g/mol. The molecule has 4 heteroatoms. The van der Waals surface area contributed by atoms with Gasteiger partial charge in [0.15, 0.2) is 11.3 Å². The number of benzene rings is 1. The summed E-state index contributed by atoms with van der Waals surface area (Å²) < 4.78 is 15.3. The molecule has 90 valence electrons. The van der Waals surface area contributed by atoms with Gasteiger partial charge in [0.05, 0.1) is 20.0 Å². The smallest absolute Gasteiger partial charge is 0.293 e. The third-order valence-electron chi connectivity index (χ3n) is 2.59. The third-order valence-corrected chi connectivity index (χ3v) is 2.59. The Labute approximate surface area is 99.1 Å². The van der Waals surface area contributed by atoms with Crippen molar-refractivity contribution in [2.75, 3.05) is 13.7 Å². The van der Waals surface area contributed by atoms with Crippen LogP contribution in [0.1, 0.15) is 12.0 Å². The van der Waals surface area contributed by atoms with Crippen LogP contribution in [0.25, 0.3) is 11.0 Å². The van der Waals surface area contributed by atoms with Gasteiger partial charge in [-0.15, -0.1) is 0 Å². The molecule has 0 bridgehead atoms. The summed E-state index contributed by atoms with van der Waals surface area (Å²) >= 11 is 0. The average Bonchev–Trinajstić information content (AvgIpc) is 2.81. The van der Waals surface area contributed by atoms with E-state index in [2.05, 4.69) is 10.8 Å². The number of hydrogen-bond acceptors (Lipinski definition) is 4. The highest BCUT2D eigenvalue weighted by molar-refractivity contribution is 5.83. The second kappa shape index (κ2) is 5.39. The first kappa shape index (κ1) is 11.5. The van der Waals surface area contributed by atoms with E-state index in [0.29, 0.717) is 13.1 Å². The first-order valence-corrected chi connectivity index (χ1v) is 5.44. The Kier molecular flexibility index (Phi) is 3.65. The van der Waals surface area contributed by atoms with Gasteiger partial charge in [-0.3, -0.25) is 4.79 Å². The zero-order chi connectivity index (χ0) is 12.1. The predicted molar refractivity (Wildman–Crippen MR) is 63.1 cm³/mol. The maximum atomic E-state index is 10.0. The first-order valence-electron chi connectivity index (χ1n) is 5.44. The summed E-state index contributed by atoms with van der Waals surface area (Å²) in [6.45, 7) is 0.912. The predicted octanol–water partition coefficient (Wildman–Crippen LogP) is 2.55. The molecule has 4 nitrogen and oxygen atoms in total. The summed E-state index contributed by atoms with van der Waals surface area (Å²) in [6.07, 6.45) is 3.28. The summed E-state index contributed by atoms with van der Waals surface area (Å²) in [7, 11) is 1.62. The summed E-state index contributed by atoms with van der Waals surface area (Å²) in [4.78, 5) is 10.0.